The number of hydrogen-bond acceptors (Lipinski definition) is 4. The van der Waals surface area contributed by atoms with Gasteiger partial charge < -0.3 is 9.64 Å². The number of carbonyl (C=O) groups excluding carboxylic acids is 1. The molecule has 2 saturated heterocycles. The normalized spacial score (nSPS) is 22.7. The summed E-state index contributed by atoms with van der Waals surface area (Å²) in [6, 6.07) is 7.54. The predicted molar refractivity (Wildman–Crippen MR) is 109 cm³/mol. The molecule has 0 aromatic heterocycles. The van der Waals surface area contributed by atoms with Crippen LogP contribution >= 0.6 is 11.8 Å². The van der Waals surface area contributed by atoms with Crippen LogP contribution in [-0.4, -0.2) is 73.2 Å². The summed E-state index contributed by atoms with van der Waals surface area (Å²) >= 11 is 2.06. The van der Waals surface area contributed by atoms with E-state index in [0.717, 1.165) is 44.0 Å². The molecule has 2 aliphatic rings. The molecule has 0 saturated carbocycles. The van der Waals surface area contributed by atoms with Crippen LogP contribution < -0.4 is 0 Å². The van der Waals surface area contributed by atoms with Crippen LogP contribution in [0.15, 0.2) is 24.3 Å². The summed E-state index contributed by atoms with van der Waals surface area (Å²) in [4.78, 5) is 17.0. The van der Waals surface area contributed by atoms with Crippen molar-refractivity contribution in [1.29, 1.82) is 0 Å². The Balaban J connectivity index is 1.67. The van der Waals surface area contributed by atoms with Crippen molar-refractivity contribution < 1.29 is 13.9 Å². The molecule has 4 nitrogen and oxygen atoms in total. The monoisotopic (exact) mass is 394 g/mol. The Morgan fingerprint density at radius 3 is 2.59 bits per heavy atom. The molecule has 1 aromatic carbocycles. The molecule has 0 spiro atoms. The van der Waals surface area contributed by atoms with Crippen LogP contribution in [0.1, 0.15) is 24.8 Å². The molecule has 3 rings (SSSR count). The van der Waals surface area contributed by atoms with Crippen LogP contribution in [0.4, 0.5) is 4.39 Å². The SMILES string of the molecule is COCC(=O)N(C)C(Cc1ccc(F)cc1)C1CCN(C2CCSC2)CC1. The third-order valence-electron chi connectivity index (χ3n) is 6.06. The Bertz CT molecular complexity index is 599. The second kappa shape index (κ2) is 9.89. The summed E-state index contributed by atoms with van der Waals surface area (Å²) in [5.41, 5.74) is 1.08. The molecule has 0 aliphatic carbocycles. The number of halogens is 1. The molecule has 27 heavy (non-hydrogen) atoms. The van der Waals surface area contributed by atoms with Crippen LogP contribution in [0.5, 0.6) is 0 Å². The number of amides is 1. The quantitative estimate of drug-likeness (QED) is 0.712. The lowest BCUT2D eigenvalue weighted by molar-refractivity contribution is -0.137. The zero-order valence-corrected chi connectivity index (χ0v) is 17.2. The van der Waals surface area contributed by atoms with E-state index in [9.17, 15) is 9.18 Å². The van der Waals surface area contributed by atoms with E-state index < -0.39 is 0 Å². The van der Waals surface area contributed by atoms with Crippen molar-refractivity contribution in [3.05, 3.63) is 35.6 Å². The van der Waals surface area contributed by atoms with Gasteiger partial charge in [-0.1, -0.05) is 12.1 Å². The Kier molecular flexibility index (Phi) is 7.56. The second-order valence-electron chi connectivity index (χ2n) is 7.73. The number of rotatable bonds is 7. The number of ether oxygens (including phenoxy) is 1. The molecule has 2 fully saturated rings. The number of likely N-dealkylation sites (tertiary alicyclic amines) is 1. The van der Waals surface area contributed by atoms with Gasteiger partial charge >= 0.3 is 0 Å². The minimum absolute atomic E-state index is 0.0132. The summed E-state index contributed by atoms with van der Waals surface area (Å²) in [7, 11) is 3.44. The second-order valence-corrected chi connectivity index (χ2v) is 8.88. The van der Waals surface area contributed by atoms with Gasteiger partial charge in [-0.3, -0.25) is 9.69 Å². The molecule has 2 aliphatic heterocycles. The summed E-state index contributed by atoms with van der Waals surface area (Å²) in [6.45, 7) is 2.33. The van der Waals surface area contributed by atoms with Crippen molar-refractivity contribution in [2.75, 3.05) is 45.4 Å². The van der Waals surface area contributed by atoms with E-state index >= 15 is 0 Å². The maximum absolute atomic E-state index is 13.3. The Morgan fingerprint density at radius 1 is 1.30 bits per heavy atom. The number of nitrogens with zero attached hydrogens (tertiary/aromatic N) is 2. The zero-order chi connectivity index (χ0) is 19.2. The lowest BCUT2D eigenvalue weighted by Gasteiger charge is -2.41. The van der Waals surface area contributed by atoms with Gasteiger partial charge in [-0.25, -0.2) is 4.39 Å². The number of piperidine rings is 1. The van der Waals surface area contributed by atoms with Gasteiger partial charge in [0.1, 0.15) is 12.4 Å². The first kappa shape index (κ1) is 20.6. The highest BCUT2D eigenvalue weighted by atomic mass is 32.2. The van der Waals surface area contributed by atoms with Gasteiger partial charge in [0.25, 0.3) is 0 Å². The van der Waals surface area contributed by atoms with E-state index in [1.807, 2.05) is 24.1 Å². The number of hydrogen-bond donors (Lipinski definition) is 0. The van der Waals surface area contributed by atoms with E-state index in [1.165, 1.54) is 30.1 Å². The van der Waals surface area contributed by atoms with Gasteiger partial charge in [0, 0.05) is 32.0 Å². The molecule has 0 bridgehead atoms. The fourth-order valence-electron chi connectivity index (χ4n) is 4.37. The van der Waals surface area contributed by atoms with Crippen LogP contribution in [0, 0.1) is 11.7 Å². The maximum atomic E-state index is 13.3. The van der Waals surface area contributed by atoms with Crippen LogP contribution in [0.25, 0.3) is 0 Å². The molecule has 2 unspecified atom stereocenters. The number of methoxy groups -OCH3 is 1. The van der Waals surface area contributed by atoms with E-state index in [1.54, 1.807) is 7.11 Å². The number of carbonyl (C=O) groups is 1. The first-order valence-corrected chi connectivity index (χ1v) is 11.0. The first-order valence-electron chi connectivity index (χ1n) is 9.89. The summed E-state index contributed by atoms with van der Waals surface area (Å²) in [6.07, 6.45) is 4.28. The van der Waals surface area contributed by atoms with Crippen molar-refractivity contribution in [3.63, 3.8) is 0 Å². The van der Waals surface area contributed by atoms with Gasteiger partial charge in [-0.05, 0) is 68.1 Å². The minimum atomic E-state index is -0.221. The van der Waals surface area contributed by atoms with Crippen LogP contribution in [-0.2, 0) is 16.0 Å². The molecule has 1 amide bonds. The van der Waals surface area contributed by atoms with Crippen molar-refractivity contribution in [2.45, 2.75) is 37.8 Å². The van der Waals surface area contributed by atoms with Gasteiger partial charge in [0.15, 0.2) is 0 Å². The molecular weight excluding hydrogens is 363 g/mol. The molecular formula is C21H31FN2O2S. The van der Waals surface area contributed by atoms with Crippen molar-refractivity contribution >= 4 is 17.7 Å². The molecule has 0 N–H and O–H groups in total. The highest BCUT2D eigenvalue weighted by Crippen LogP contribution is 2.30. The number of thioether (sulfide) groups is 1. The largest absolute Gasteiger partial charge is 0.375 e. The van der Waals surface area contributed by atoms with Crippen molar-refractivity contribution in [1.82, 2.24) is 9.80 Å². The van der Waals surface area contributed by atoms with Crippen LogP contribution in [0.2, 0.25) is 0 Å². The lowest BCUT2D eigenvalue weighted by Crippen LogP contribution is -2.50. The standard InChI is InChI=1S/C21H31FN2O2S/c1-23(21(25)14-26-2)20(13-16-3-5-18(22)6-4-16)17-7-10-24(11-8-17)19-9-12-27-15-19/h3-6,17,19-20H,7-15H2,1-2H3. The molecule has 150 valence electrons. The third kappa shape index (κ3) is 5.46. The van der Waals surface area contributed by atoms with E-state index in [4.69, 9.17) is 4.74 Å². The van der Waals surface area contributed by atoms with Crippen molar-refractivity contribution in [2.24, 2.45) is 5.92 Å². The average Bonchev–Trinajstić information content (AvgIpc) is 3.22. The van der Waals surface area contributed by atoms with Gasteiger partial charge in [0.2, 0.25) is 5.91 Å². The number of benzene rings is 1. The first-order chi connectivity index (χ1) is 13.1. The summed E-state index contributed by atoms with van der Waals surface area (Å²) in [5.74, 6) is 2.80. The topological polar surface area (TPSA) is 32.8 Å². The third-order valence-corrected chi connectivity index (χ3v) is 7.20. The number of likely N-dealkylation sites (N-methyl/N-ethyl adjacent to an activating group) is 1. The van der Waals surface area contributed by atoms with Crippen LogP contribution in [0.3, 0.4) is 0 Å². The van der Waals surface area contributed by atoms with E-state index in [2.05, 4.69) is 16.7 Å². The molecule has 1 aromatic rings. The van der Waals surface area contributed by atoms with E-state index in [0.29, 0.717) is 5.92 Å². The maximum Gasteiger partial charge on any atom is 0.248 e. The van der Waals surface area contributed by atoms with Gasteiger partial charge in [0.05, 0.1) is 0 Å². The van der Waals surface area contributed by atoms with Gasteiger partial charge in [-0.15, -0.1) is 0 Å². The minimum Gasteiger partial charge on any atom is -0.375 e. The average molecular weight is 395 g/mol. The smallest absolute Gasteiger partial charge is 0.248 e. The fourth-order valence-corrected chi connectivity index (χ4v) is 5.63. The van der Waals surface area contributed by atoms with Gasteiger partial charge in [-0.2, -0.15) is 11.8 Å². The van der Waals surface area contributed by atoms with E-state index in [-0.39, 0.29) is 24.4 Å². The molecule has 6 heteroatoms. The Hall–Kier alpha value is -1.11. The summed E-state index contributed by atoms with van der Waals surface area (Å²) in [5, 5.41) is 0. The zero-order valence-electron chi connectivity index (χ0n) is 16.4. The molecule has 0 radical (unpaired) electrons. The lowest BCUT2D eigenvalue weighted by atomic mass is 9.84. The highest BCUT2D eigenvalue weighted by Gasteiger charge is 2.34. The summed E-state index contributed by atoms with van der Waals surface area (Å²) < 4.78 is 18.3. The predicted octanol–water partition coefficient (Wildman–Crippen LogP) is 3.06. The molecule has 2 heterocycles. The Labute approximate surface area is 166 Å². The highest BCUT2D eigenvalue weighted by molar-refractivity contribution is 7.99. The fraction of sp³-hybridized carbons (Fsp3) is 0.667. The molecule has 2 atom stereocenters. The van der Waals surface area contributed by atoms with Crippen molar-refractivity contribution in [3.8, 4) is 0 Å². The Morgan fingerprint density at radius 2 is 2.00 bits per heavy atom.